The summed E-state index contributed by atoms with van der Waals surface area (Å²) < 4.78 is 0. The fraction of sp³-hybridized carbons (Fsp3) is 0.846. The standard InChI is InChI=1S/C13H25BO3/c1-2-3-4-5-6-7-8-9-10-11-13(12-15)14(16)17/h16-17H,2-11H2,1H3. The first-order chi connectivity index (χ1) is 8.22. The molecule has 0 radical (unpaired) electrons. The van der Waals surface area contributed by atoms with E-state index in [4.69, 9.17) is 10.0 Å². The van der Waals surface area contributed by atoms with Crippen LogP contribution < -0.4 is 0 Å². The molecular formula is C13H25BO3. The van der Waals surface area contributed by atoms with Gasteiger partial charge in [0, 0.05) is 5.47 Å². The van der Waals surface area contributed by atoms with Crippen LogP contribution >= 0.6 is 0 Å². The van der Waals surface area contributed by atoms with Gasteiger partial charge in [0.05, 0.1) is 0 Å². The molecule has 17 heavy (non-hydrogen) atoms. The lowest BCUT2D eigenvalue weighted by atomic mass is 9.77. The van der Waals surface area contributed by atoms with Crippen molar-refractivity contribution >= 4 is 13.1 Å². The second-order valence-electron chi connectivity index (χ2n) is 4.58. The largest absolute Gasteiger partial charge is 0.495 e. The van der Waals surface area contributed by atoms with Crippen molar-refractivity contribution in [3.8, 4) is 0 Å². The number of carbonyl (C=O) groups excluding carboxylic acids is 1. The van der Waals surface area contributed by atoms with Crippen molar-refractivity contribution in [1.82, 2.24) is 0 Å². The molecule has 0 spiro atoms. The molecule has 98 valence electrons. The van der Waals surface area contributed by atoms with Gasteiger partial charge in [-0.2, -0.15) is 0 Å². The minimum absolute atomic E-state index is 0.0768. The summed E-state index contributed by atoms with van der Waals surface area (Å²) in [6.45, 7) is 2.22. The third-order valence-electron chi connectivity index (χ3n) is 2.99. The zero-order valence-electron chi connectivity index (χ0n) is 11.0. The van der Waals surface area contributed by atoms with E-state index in [0.717, 1.165) is 12.8 Å². The van der Waals surface area contributed by atoms with E-state index in [1.807, 2.05) is 0 Å². The second-order valence-corrected chi connectivity index (χ2v) is 4.58. The van der Waals surface area contributed by atoms with E-state index >= 15 is 0 Å². The zero-order valence-corrected chi connectivity index (χ0v) is 11.0. The Kier molecular flexibility index (Phi) is 11.5. The van der Waals surface area contributed by atoms with E-state index in [1.165, 1.54) is 44.9 Å². The maximum absolute atomic E-state index is 10.3. The van der Waals surface area contributed by atoms with Crippen molar-refractivity contribution in [3.63, 3.8) is 0 Å². The molecule has 0 amide bonds. The molecule has 0 aliphatic carbocycles. The van der Waals surface area contributed by atoms with Crippen LogP contribution in [0.25, 0.3) is 0 Å². The van der Waals surface area contributed by atoms with Crippen molar-refractivity contribution in [3.05, 3.63) is 5.47 Å². The zero-order chi connectivity index (χ0) is 12.9. The van der Waals surface area contributed by atoms with Gasteiger partial charge in [-0.05, 0) is 12.8 Å². The second kappa shape index (κ2) is 11.9. The summed E-state index contributed by atoms with van der Waals surface area (Å²) in [7, 11) is -1.62. The van der Waals surface area contributed by atoms with E-state index in [2.05, 4.69) is 6.92 Å². The highest BCUT2D eigenvalue weighted by molar-refractivity contribution is 6.52. The van der Waals surface area contributed by atoms with Gasteiger partial charge in [0.1, 0.15) is 5.94 Å². The Balaban J connectivity index is 3.26. The average Bonchev–Trinajstić information content (AvgIpc) is 2.31. The molecule has 0 saturated carbocycles. The van der Waals surface area contributed by atoms with E-state index in [1.54, 1.807) is 5.94 Å². The summed E-state index contributed by atoms with van der Waals surface area (Å²) in [5.41, 5.74) is 0.0768. The summed E-state index contributed by atoms with van der Waals surface area (Å²) in [5.74, 6) is 1.59. The minimum Gasteiger partial charge on any atom is -0.423 e. The van der Waals surface area contributed by atoms with Gasteiger partial charge in [-0.25, -0.2) is 4.79 Å². The normalized spacial score (nSPS) is 10.1. The Labute approximate surface area is 105 Å². The minimum atomic E-state index is -1.62. The summed E-state index contributed by atoms with van der Waals surface area (Å²) in [6, 6.07) is 0. The van der Waals surface area contributed by atoms with Gasteiger partial charge in [0.2, 0.25) is 0 Å². The van der Waals surface area contributed by atoms with Gasteiger partial charge in [0.15, 0.2) is 0 Å². The third-order valence-corrected chi connectivity index (χ3v) is 2.99. The van der Waals surface area contributed by atoms with Gasteiger partial charge in [-0.1, -0.05) is 58.3 Å². The molecule has 0 saturated heterocycles. The Hall–Kier alpha value is -0.565. The average molecular weight is 240 g/mol. The number of hydrogen-bond donors (Lipinski definition) is 2. The van der Waals surface area contributed by atoms with Crippen LogP contribution in [-0.2, 0) is 4.79 Å². The van der Waals surface area contributed by atoms with Crippen LogP contribution in [-0.4, -0.2) is 23.1 Å². The number of allylic oxidation sites excluding steroid dienone is 1. The first-order valence-corrected chi connectivity index (χ1v) is 6.82. The van der Waals surface area contributed by atoms with E-state index in [0.29, 0.717) is 6.42 Å². The van der Waals surface area contributed by atoms with Gasteiger partial charge < -0.3 is 10.0 Å². The monoisotopic (exact) mass is 240 g/mol. The van der Waals surface area contributed by atoms with E-state index in [-0.39, 0.29) is 5.47 Å². The topological polar surface area (TPSA) is 57.5 Å². The third kappa shape index (κ3) is 10.3. The molecule has 3 nitrogen and oxygen atoms in total. The molecule has 0 unspecified atom stereocenters. The van der Waals surface area contributed by atoms with Crippen LogP contribution in [0.3, 0.4) is 0 Å². The van der Waals surface area contributed by atoms with Crippen molar-refractivity contribution < 1.29 is 14.8 Å². The lowest BCUT2D eigenvalue weighted by Gasteiger charge is -2.03. The molecule has 2 N–H and O–H groups in total. The molecule has 0 bridgehead atoms. The summed E-state index contributed by atoms with van der Waals surface area (Å²) in [4.78, 5) is 10.3. The van der Waals surface area contributed by atoms with Crippen LogP contribution in [0.15, 0.2) is 5.47 Å². The molecule has 0 fully saturated rings. The molecule has 0 aliphatic rings. The first kappa shape index (κ1) is 16.4. The van der Waals surface area contributed by atoms with E-state index in [9.17, 15) is 4.79 Å². The predicted molar refractivity (Wildman–Crippen MR) is 71.2 cm³/mol. The van der Waals surface area contributed by atoms with Gasteiger partial charge in [0.25, 0.3) is 0 Å². The molecule has 0 aliphatic heterocycles. The van der Waals surface area contributed by atoms with Crippen molar-refractivity contribution in [1.29, 1.82) is 0 Å². The summed E-state index contributed by atoms with van der Waals surface area (Å²) in [6.07, 6.45) is 11.3. The molecule has 4 heteroatoms. The van der Waals surface area contributed by atoms with Gasteiger partial charge >= 0.3 is 7.12 Å². The van der Waals surface area contributed by atoms with E-state index < -0.39 is 7.12 Å². The highest BCUT2D eigenvalue weighted by Gasteiger charge is 2.14. The lowest BCUT2D eigenvalue weighted by Crippen LogP contribution is -2.15. The number of unbranched alkanes of at least 4 members (excludes halogenated alkanes) is 8. The highest BCUT2D eigenvalue weighted by Crippen LogP contribution is 2.12. The van der Waals surface area contributed by atoms with Crippen LogP contribution in [0.2, 0.25) is 0 Å². The fourth-order valence-corrected chi connectivity index (χ4v) is 1.86. The molecule has 0 rings (SSSR count). The van der Waals surface area contributed by atoms with Crippen LogP contribution in [0.5, 0.6) is 0 Å². The lowest BCUT2D eigenvalue weighted by molar-refractivity contribution is 0.415. The Morgan fingerprint density at radius 3 is 1.82 bits per heavy atom. The summed E-state index contributed by atoms with van der Waals surface area (Å²) in [5, 5.41) is 17.6. The van der Waals surface area contributed by atoms with Crippen LogP contribution in [0.4, 0.5) is 0 Å². The fourth-order valence-electron chi connectivity index (χ4n) is 1.86. The number of rotatable bonds is 11. The van der Waals surface area contributed by atoms with Crippen molar-refractivity contribution in [2.45, 2.75) is 71.1 Å². The van der Waals surface area contributed by atoms with Crippen molar-refractivity contribution in [2.75, 3.05) is 0 Å². The molecular weight excluding hydrogens is 215 g/mol. The quantitative estimate of drug-likeness (QED) is 0.331. The Morgan fingerprint density at radius 2 is 1.41 bits per heavy atom. The molecule has 0 atom stereocenters. The summed E-state index contributed by atoms with van der Waals surface area (Å²) >= 11 is 0. The smallest absolute Gasteiger partial charge is 0.423 e. The molecule has 0 aromatic carbocycles. The van der Waals surface area contributed by atoms with Crippen molar-refractivity contribution in [2.24, 2.45) is 0 Å². The Morgan fingerprint density at radius 1 is 0.941 bits per heavy atom. The maximum atomic E-state index is 10.3. The van der Waals surface area contributed by atoms with Gasteiger partial charge in [-0.15, -0.1) is 0 Å². The van der Waals surface area contributed by atoms with Crippen LogP contribution in [0.1, 0.15) is 71.1 Å². The maximum Gasteiger partial charge on any atom is 0.495 e. The molecule has 0 heterocycles. The number of hydrogen-bond acceptors (Lipinski definition) is 3. The first-order valence-electron chi connectivity index (χ1n) is 6.82. The Bertz CT molecular complexity index is 223. The molecule has 0 aromatic rings. The highest BCUT2D eigenvalue weighted by atomic mass is 16.4. The predicted octanol–water partition coefficient (Wildman–Crippen LogP) is 2.68. The molecule has 0 aromatic heterocycles. The SMILES string of the molecule is CCCCCCCCCCCC(=C=O)B(O)O. The van der Waals surface area contributed by atoms with Crippen LogP contribution in [0, 0.1) is 0 Å². The van der Waals surface area contributed by atoms with Gasteiger partial charge in [-0.3, -0.25) is 0 Å².